The largest absolute Gasteiger partial charge is 0.305 e. The molecule has 0 radical (unpaired) electrons. The third kappa shape index (κ3) is 1.93. The quantitative estimate of drug-likeness (QED) is 0.883. The summed E-state index contributed by atoms with van der Waals surface area (Å²) in [7, 11) is 0. The predicted octanol–water partition coefficient (Wildman–Crippen LogP) is 3.37. The lowest BCUT2D eigenvalue weighted by atomic mass is 9.94. The molecule has 0 amide bonds. The third-order valence-electron chi connectivity index (χ3n) is 4.94. The summed E-state index contributed by atoms with van der Waals surface area (Å²) in [5, 5.41) is 7.41. The number of aromatic nitrogens is 1. The van der Waals surface area contributed by atoms with Crippen LogP contribution in [0.5, 0.6) is 0 Å². The van der Waals surface area contributed by atoms with Crippen molar-refractivity contribution in [2.75, 3.05) is 0 Å². The highest BCUT2D eigenvalue weighted by atomic mass is 32.1. The standard InChI is InChI=1S/C14H20N2S/c1-2-11-7-9(1)8-12(11)16-13(10-3-4-10)14-15-5-6-17-14/h5-6,9-13,16H,1-4,7-8H2/t9-,11-,12-,13-/m0/s1. The number of thiazole rings is 1. The van der Waals surface area contributed by atoms with Gasteiger partial charge in [-0.05, 0) is 49.9 Å². The van der Waals surface area contributed by atoms with Crippen LogP contribution in [0.4, 0.5) is 0 Å². The van der Waals surface area contributed by atoms with Crippen LogP contribution in [0, 0.1) is 17.8 Å². The fourth-order valence-corrected chi connectivity index (χ4v) is 4.70. The van der Waals surface area contributed by atoms with E-state index in [1.54, 1.807) is 0 Å². The van der Waals surface area contributed by atoms with Gasteiger partial charge in [0, 0.05) is 17.6 Å². The molecule has 2 bridgehead atoms. The van der Waals surface area contributed by atoms with Gasteiger partial charge in [0.15, 0.2) is 0 Å². The van der Waals surface area contributed by atoms with Crippen molar-refractivity contribution in [3.8, 4) is 0 Å². The first kappa shape index (κ1) is 10.5. The van der Waals surface area contributed by atoms with Gasteiger partial charge in [-0.2, -0.15) is 0 Å². The molecule has 92 valence electrons. The Morgan fingerprint density at radius 3 is 2.76 bits per heavy atom. The minimum Gasteiger partial charge on any atom is -0.305 e. The van der Waals surface area contributed by atoms with Crippen LogP contribution in [0.3, 0.4) is 0 Å². The fraction of sp³-hybridized carbons (Fsp3) is 0.786. The molecule has 0 aliphatic heterocycles. The van der Waals surface area contributed by atoms with Crippen LogP contribution in [-0.2, 0) is 0 Å². The maximum atomic E-state index is 4.54. The zero-order chi connectivity index (χ0) is 11.2. The Balaban J connectivity index is 1.49. The zero-order valence-corrected chi connectivity index (χ0v) is 11.0. The van der Waals surface area contributed by atoms with Gasteiger partial charge in [0.05, 0.1) is 6.04 Å². The lowest BCUT2D eigenvalue weighted by molar-refractivity contribution is 0.305. The highest BCUT2D eigenvalue weighted by Gasteiger charge is 2.43. The van der Waals surface area contributed by atoms with Crippen LogP contribution in [0.2, 0.25) is 0 Å². The number of nitrogens with one attached hydrogen (secondary N) is 1. The van der Waals surface area contributed by atoms with Gasteiger partial charge < -0.3 is 5.32 Å². The lowest BCUT2D eigenvalue weighted by Crippen LogP contribution is -2.37. The second-order valence-corrected chi connectivity index (χ2v) is 7.06. The molecule has 1 N–H and O–H groups in total. The Hall–Kier alpha value is -0.410. The van der Waals surface area contributed by atoms with Gasteiger partial charge >= 0.3 is 0 Å². The minimum absolute atomic E-state index is 0.569. The summed E-state index contributed by atoms with van der Waals surface area (Å²) in [5.74, 6) is 2.88. The van der Waals surface area contributed by atoms with E-state index in [-0.39, 0.29) is 0 Å². The molecule has 0 saturated heterocycles. The first-order valence-corrected chi connectivity index (χ1v) is 7.93. The Labute approximate surface area is 107 Å². The molecule has 3 aliphatic carbocycles. The topological polar surface area (TPSA) is 24.9 Å². The van der Waals surface area contributed by atoms with Crippen molar-refractivity contribution < 1.29 is 0 Å². The van der Waals surface area contributed by atoms with E-state index in [0.717, 1.165) is 23.8 Å². The molecule has 3 saturated carbocycles. The smallest absolute Gasteiger partial charge is 0.110 e. The van der Waals surface area contributed by atoms with E-state index in [9.17, 15) is 0 Å². The number of hydrogen-bond donors (Lipinski definition) is 1. The second kappa shape index (κ2) is 4.06. The SMILES string of the molecule is c1csc([C@@H](N[C@H]2C[C@H]3CC[C@H]2C3)C2CC2)n1. The van der Waals surface area contributed by atoms with Gasteiger partial charge in [-0.15, -0.1) is 11.3 Å². The Morgan fingerprint density at radius 2 is 2.18 bits per heavy atom. The second-order valence-electron chi connectivity index (χ2n) is 6.13. The van der Waals surface area contributed by atoms with Crippen LogP contribution in [0.1, 0.15) is 49.6 Å². The van der Waals surface area contributed by atoms with Crippen molar-refractivity contribution in [3.63, 3.8) is 0 Å². The molecule has 4 atom stereocenters. The molecule has 3 heteroatoms. The van der Waals surface area contributed by atoms with E-state index in [1.165, 1.54) is 43.5 Å². The molecule has 4 rings (SSSR count). The number of rotatable bonds is 4. The number of nitrogens with zero attached hydrogens (tertiary/aromatic N) is 1. The van der Waals surface area contributed by atoms with Crippen molar-refractivity contribution in [1.29, 1.82) is 0 Å². The van der Waals surface area contributed by atoms with E-state index in [2.05, 4.69) is 15.7 Å². The molecule has 0 unspecified atom stereocenters. The van der Waals surface area contributed by atoms with E-state index in [0.29, 0.717) is 6.04 Å². The van der Waals surface area contributed by atoms with Crippen LogP contribution in [0.15, 0.2) is 11.6 Å². The molecular formula is C14H20N2S. The molecule has 1 aromatic rings. The first-order chi connectivity index (χ1) is 8.40. The number of fused-ring (bicyclic) bond motifs is 2. The van der Waals surface area contributed by atoms with Crippen LogP contribution < -0.4 is 5.32 Å². The maximum Gasteiger partial charge on any atom is 0.110 e. The number of hydrogen-bond acceptors (Lipinski definition) is 3. The molecule has 1 aromatic heterocycles. The van der Waals surface area contributed by atoms with E-state index < -0.39 is 0 Å². The van der Waals surface area contributed by atoms with Crippen molar-refractivity contribution in [1.82, 2.24) is 10.3 Å². The maximum absolute atomic E-state index is 4.54. The van der Waals surface area contributed by atoms with Crippen LogP contribution >= 0.6 is 11.3 Å². The predicted molar refractivity (Wildman–Crippen MR) is 70.0 cm³/mol. The summed E-state index contributed by atoms with van der Waals surface area (Å²) in [4.78, 5) is 4.54. The monoisotopic (exact) mass is 248 g/mol. The fourth-order valence-electron chi connectivity index (χ4n) is 3.91. The Kier molecular flexibility index (Phi) is 2.51. The summed E-state index contributed by atoms with van der Waals surface area (Å²) in [6.07, 6.45) is 10.6. The molecule has 0 aromatic carbocycles. The Morgan fingerprint density at radius 1 is 1.24 bits per heavy atom. The van der Waals surface area contributed by atoms with E-state index in [4.69, 9.17) is 0 Å². The molecular weight excluding hydrogens is 228 g/mol. The van der Waals surface area contributed by atoms with Crippen molar-refractivity contribution in [2.45, 2.75) is 50.6 Å². The normalized spacial score (nSPS) is 37.5. The van der Waals surface area contributed by atoms with Crippen molar-refractivity contribution in [3.05, 3.63) is 16.6 Å². The average Bonchev–Trinajstić information content (AvgIpc) is 2.82. The van der Waals surface area contributed by atoms with Gasteiger partial charge in [0.2, 0.25) is 0 Å². The summed E-state index contributed by atoms with van der Waals surface area (Å²) in [6.45, 7) is 0. The van der Waals surface area contributed by atoms with Gasteiger partial charge in [0.25, 0.3) is 0 Å². The molecule has 2 nitrogen and oxygen atoms in total. The Bertz CT molecular complexity index is 385. The molecule has 1 heterocycles. The zero-order valence-electron chi connectivity index (χ0n) is 10.1. The highest BCUT2D eigenvalue weighted by Crippen LogP contribution is 2.47. The lowest BCUT2D eigenvalue weighted by Gasteiger charge is -2.27. The molecule has 3 fully saturated rings. The van der Waals surface area contributed by atoms with Gasteiger partial charge in [0.1, 0.15) is 5.01 Å². The van der Waals surface area contributed by atoms with E-state index >= 15 is 0 Å². The first-order valence-electron chi connectivity index (χ1n) is 7.05. The molecule has 0 spiro atoms. The third-order valence-corrected chi connectivity index (χ3v) is 5.80. The minimum atomic E-state index is 0.569. The van der Waals surface area contributed by atoms with Crippen LogP contribution in [0.25, 0.3) is 0 Å². The summed E-state index contributed by atoms with van der Waals surface area (Å²) < 4.78 is 0. The van der Waals surface area contributed by atoms with Crippen molar-refractivity contribution in [2.24, 2.45) is 17.8 Å². The van der Waals surface area contributed by atoms with Gasteiger partial charge in [-0.3, -0.25) is 0 Å². The summed E-state index contributed by atoms with van der Waals surface area (Å²) in [6, 6.07) is 1.36. The average molecular weight is 248 g/mol. The molecule has 3 aliphatic rings. The van der Waals surface area contributed by atoms with Gasteiger partial charge in [-0.25, -0.2) is 4.98 Å². The van der Waals surface area contributed by atoms with Crippen LogP contribution in [-0.4, -0.2) is 11.0 Å². The van der Waals surface area contributed by atoms with Crippen molar-refractivity contribution >= 4 is 11.3 Å². The highest BCUT2D eigenvalue weighted by molar-refractivity contribution is 7.09. The van der Waals surface area contributed by atoms with E-state index in [1.807, 2.05) is 17.5 Å². The molecule has 17 heavy (non-hydrogen) atoms. The summed E-state index contributed by atoms with van der Waals surface area (Å²) >= 11 is 1.83. The van der Waals surface area contributed by atoms with Gasteiger partial charge in [-0.1, -0.05) is 6.42 Å². The summed E-state index contributed by atoms with van der Waals surface area (Å²) in [5.41, 5.74) is 0.